The maximum absolute atomic E-state index is 14.3. The lowest BCUT2D eigenvalue weighted by Crippen LogP contribution is -2.82. The minimum Gasteiger partial charge on any atom is -0.460 e. The number of carbonyl (C=O) groups is 2. The Bertz CT molecular complexity index is 609. The molecule has 1 aromatic carbocycles. The summed E-state index contributed by atoms with van der Waals surface area (Å²) in [6.45, 7) is 1.37. The molecule has 3 fully saturated rings. The molecule has 1 aromatic rings. The molecule has 3 aliphatic carbocycles. The number of alkyl halides is 2. The zero-order valence-electron chi connectivity index (χ0n) is 12.1. The second-order valence-electron chi connectivity index (χ2n) is 6.13. The molecule has 0 saturated heterocycles. The molecule has 6 heteroatoms. The molecular formula is C16H16F2O3S. The maximum atomic E-state index is 14.3. The van der Waals surface area contributed by atoms with Crippen LogP contribution in [0.2, 0.25) is 0 Å². The van der Waals surface area contributed by atoms with Gasteiger partial charge >= 0.3 is 5.97 Å². The van der Waals surface area contributed by atoms with Crippen LogP contribution in [-0.4, -0.2) is 22.8 Å². The number of hydrogen-bond donors (Lipinski definition) is 0. The molecule has 22 heavy (non-hydrogen) atoms. The first-order valence-corrected chi connectivity index (χ1v) is 8.04. The second-order valence-corrected chi connectivity index (χ2v) is 7.28. The summed E-state index contributed by atoms with van der Waals surface area (Å²) in [5.41, 5.74) is -2.10. The van der Waals surface area contributed by atoms with Gasteiger partial charge in [0.05, 0.1) is 0 Å². The largest absolute Gasteiger partial charge is 0.460 e. The van der Waals surface area contributed by atoms with Crippen molar-refractivity contribution < 1.29 is 23.1 Å². The predicted molar refractivity (Wildman–Crippen MR) is 78.4 cm³/mol. The van der Waals surface area contributed by atoms with Crippen LogP contribution >= 0.6 is 11.8 Å². The molecule has 3 nitrogen and oxygen atoms in total. The normalized spacial score (nSPS) is 30.9. The fourth-order valence-electron chi connectivity index (χ4n) is 3.41. The van der Waals surface area contributed by atoms with E-state index in [1.807, 2.05) is 6.07 Å². The summed E-state index contributed by atoms with van der Waals surface area (Å²) in [4.78, 5) is 23.0. The van der Waals surface area contributed by atoms with Gasteiger partial charge in [0.15, 0.2) is 5.12 Å². The summed E-state index contributed by atoms with van der Waals surface area (Å²) in [5.74, 6) is -3.82. The molecule has 118 valence electrons. The molecule has 4 rings (SSSR count). The molecule has 0 aromatic heterocycles. The summed E-state index contributed by atoms with van der Waals surface area (Å²) in [5, 5.41) is -0.179. The van der Waals surface area contributed by atoms with Crippen molar-refractivity contribution in [2.24, 2.45) is 10.8 Å². The summed E-state index contributed by atoms with van der Waals surface area (Å²) >= 11 is 0.904. The molecule has 0 amide bonds. The van der Waals surface area contributed by atoms with E-state index in [-0.39, 0.29) is 30.3 Å². The predicted octanol–water partition coefficient (Wildman–Crippen LogP) is 3.43. The molecule has 0 heterocycles. The van der Waals surface area contributed by atoms with Gasteiger partial charge in [-0.05, 0) is 18.4 Å². The molecule has 0 N–H and O–H groups in total. The van der Waals surface area contributed by atoms with Gasteiger partial charge in [-0.2, -0.15) is 0 Å². The van der Waals surface area contributed by atoms with Gasteiger partial charge in [-0.3, -0.25) is 9.59 Å². The van der Waals surface area contributed by atoms with E-state index in [4.69, 9.17) is 4.74 Å². The third kappa shape index (κ3) is 2.00. The van der Waals surface area contributed by atoms with E-state index in [1.54, 1.807) is 24.3 Å². The topological polar surface area (TPSA) is 43.4 Å². The fraction of sp³-hybridized carbons (Fsp3) is 0.500. The van der Waals surface area contributed by atoms with Crippen LogP contribution in [0.3, 0.4) is 0 Å². The zero-order valence-corrected chi connectivity index (χ0v) is 12.9. The van der Waals surface area contributed by atoms with Crippen LogP contribution in [0.1, 0.15) is 25.3 Å². The maximum Gasteiger partial charge on any atom is 0.318 e. The molecule has 0 spiro atoms. The number of carbonyl (C=O) groups excluding carboxylic acids is 2. The zero-order chi connectivity index (χ0) is 16.0. The van der Waals surface area contributed by atoms with Crippen molar-refractivity contribution in [3.8, 4) is 0 Å². The first-order chi connectivity index (χ1) is 10.3. The Balaban J connectivity index is 1.60. The highest BCUT2D eigenvalue weighted by atomic mass is 32.2. The van der Waals surface area contributed by atoms with E-state index in [1.165, 1.54) is 6.92 Å². The number of esters is 1. The van der Waals surface area contributed by atoms with Crippen molar-refractivity contribution in [1.82, 2.24) is 0 Å². The molecule has 3 aliphatic rings. The number of thioether (sulfide) groups is 1. The van der Waals surface area contributed by atoms with Crippen molar-refractivity contribution in [3.05, 3.63) is 35.9 Å². The van der Waals surface area contributed by atoms with E-state index in [2.05, 4.69) is 0 Å². The average Bonchev–Trinajstić information content (AvgIpc) is 2.44. The Morgan fingerprint density at radius 3 is 2.41 bits per heavy atom. The first-order valence-electron chi connectivity index (χ1n) is 7.05. The van der Waals surface area contributed by atoms with Gasteiger partial charge < -0.3 is 4.74 Å². The Hall–Kier alpha value is -1.43. The van der Waals surface area contributed by atoms with Crippen LogP contribution in [0.15, 0.2) is 30.3 Å². The van der Waals surface area contributed by atoms with Crippen molar-refractivity contribution in [2.75, 3.05) is 5.75 Å². The molecule has 3 saturated carbocycles. The lowest BCUT2D eigenvalue weighted by molar-refractivity contribution is -0.389. The minimum atomic E-state index is -3.07. The Morgan fingerprint density at radius 2 is 1.86 bits per heavy atom. The lowest BCUT2D eigenvalue weighted by atomic mass is 9.33. The highest BCUT2D eigenvalue weighted by molar-refractivity contribution is 8.13. The number of hydrogen-bond acceptors (Lipinski definition) is 4. The Labute approximate surface area is 131 Å². The summed E-state index contributed by atoms with van der Waals surface area (Å²) in [6.07, 6.45) is 0.224. The van der Waals surface area contributed by atoms with Crippen LogP contribution in [-0.2, 0) is 20.9 Å². The third-order valence-corrected chi connectivity index (χ3v) is 5.81. The van der Waals surface area contributed by atoms with Crippen LogP contribution in [0, 0.1) is 10.8 Å². The molecule has 0 radical (unpaired) electrons. The summed E-state index contributed by atoms with van der Waals surface area (Å²) in [7, 11) is 0. The van der Waals surface area contributed by atoms with Crippen molar-refractivity contribution in [1.29, 1.82) is 0 Å². The van der Waals surface area contributed by atoms with Gasteiger partial charge in [0.25, 0.3) is 5.92 Å². The van der Waals surface area contributed by atoms with Crippen molar-refractivity contribution >= 4 is 22.8 Å². The first kappa shape index (κ1) is 15.5. The summed E-state index contributed by atoms with van der Waals surface area (Å²) < 4.78 is 33.7. The highest BCUT2D eigenvalue weighted by Crippen LogP contribution is 2.82. The quantitative estimate of drug-likeness (QED) is 0.778. The number of benzene rings is 1. The monoisotopic (exact) mass is 326 g/mol. The molecule has 0 atom stereocenters. The molecule has 2 bridgehead atoms. The van der Waals surface area contributed by atoms with Gasteiger partial charge in [-0.15, -0.1) is 0 Å². The van der Waals surface area contributed by atoms with Crippen molar-refractivity contribution in [2.45, 2.75) is 32.3 Å². The minimum absolute atomic E-state index is 0.00665. The van der Waals surface area contributed by atoms with Gasteiger partial charge in [0.1, 0.15) is 12.0 Å². The number of rotatable bonds is 5. The number of halogens is 2. The third-order valence-electron chi connectivity index (χ3n) is 4.70. The van der Waals surface area contributed by atoms with E-state index >= 15 is 0 Å². The van der Waals surface area contributed by atoms with Crippen LogP contribution in [0.4, 0.5) is 8.78 Å². The van der Waals surface area contributed by atoms with Crippen molar-refractivity contribution in [3.63, 3.8) is 0 Å². The second kappa shape index (κ2) is 5.05. The van der Waals surface area contributed by atoms with Crippen LogP contribution < -0.4 is 0 Å². The fourth-order valence-corrected chi connectivity index (χ4v) is 4.27. The van der Waals surface area contributed by atoms with Crippen LogP contribution in [0.5, 0.6) is 0 Å². The van der Waals surface area contributed by atoms with Crippen LogP contribution in [0.25, 0.3) is 0 Å². The van der Waals surface area contributed by atoms with E-state index in [0.29, 0.717) is 0 Å². The Kier molecular flexibility index (Phi) is 3.55. The molecule has 0 aliphatic heterocycles. The molecular weight excluding hydrogens is 310 g/mol. The van der Waals surface area contributed by atoms with Gasteiger partial charge in [0, 0.05) is 18.1 Å². The standard InChI is InChI=1S/C16H16F2O3S/c1-11(19)22-10-14-8-15(9-14,16(14,17)18)13(20)21-7-12-5-3-2-4-6-12/h2-6H,7-10H2,1H3. The highest BCUT2D eigenvalue weighted by Gasteiger charge is 2.91. The lowest BCUT2D eigenvalue weighted by Gasteiger charge is -2.73. The van der Waals surface area contributed by atoms with Gasteiger partial charge in [0.2, 0.25) is 0 Å². The SMILES string of the molecule is CC(=O)SCC12CC(C(=O)OCc3ccccc3)(C1)C2(F)F. The van der Waals surface area contributed by atoms with Gasteiger partial charge in [-0.25, -0.2) is 8.78 Å². The van der Waals surface area contributed by atoms with E-state index in [0.717, 1.165) is 17.3 Å². The Morgan fingerprint density at radius 1 is 1.23 bits per heavy atom. The smallest absolute Gasteiger partial charge is 0.318 e. The molecule has 0 unspecified atom stereocenters. The summed E-state index contributed by atoms with van der Waals surface area (Å²) in [6, 6.07) is 8.98. The van der Waals surface area contributed by atoms with Gasteiger partial charge in [-0.1, -0.05) is 42.1 Å². The number of ether oxygens (including phenoxy) is 1. The van der Waals surface area contributed by atoms with E-state index in [9.17, 15) is 18.4 Å². The van der Waals surface area contributed by atoms with E-state index < -0.39 is 22.7 Å². The average molecular weight is 326 g/mol.